The lowest BCUT2D eigenvalue weighted by molar-refractivity contribution is 0.349. The number of methoxy groups -OCH3 is 2. The van der Waals surface area contributed by atoms with Gasteiger partial charge < -0.3 is 14.8 Å². The maximum atomic E-state index is 5.48. The molecule has 0 aromatic heterocycles. The molecule has 1 saturated heterocycles. The number of ether oxygens (including phenoxy) is 2. The standard InChI is InChI=1S/C14H20BrNO2/c1-9-13(11-6-4-5-7-16-11)10(15)8-12(17-2)14(9)18-3/h8,11,16H,4-7H2,1-3H3. The molecular weight excluding hydrogens is 294 g/mol. The lowest BCUT2D eigenvalue weighted by atomic mass is 9.93. The van der Waals surface area contributed by atoms with Gasteiger partial charge in [0.15, 0.2) is 11.5 Å². The fourth-order valence-electron chi connectivity index (χ4n) is 2.68. The smallest absolute Gasteiger partial charge is 0.164 e. The van der Waals surface area contributed by atoms with Gasteiger partial charge in [-0.05, 0) is 37.9 Å². The summed E-state index contributed by atoms with van der Waals surface area (Å²) in [5.41, 5.74) is 2.45. The SMILES string of the molecule is COc1cc(Br)c(C2CCCCN2)c(C)c1OC. The van der Waals surface area contributed by atoms with Crippen LogP contribution in [-0.2, 0) is 0 Å². The van der Waals surface area contributed by atoms with Crippen LogP contribution in [-0.4, -0.2) is 20.8 Å². The molecule has 3 nitrogen and oxygen atoms in total. The van der Waals surface area contributed by atoms with Gasteiger partial charge in [0.2, 0.25) is 0 Å². The second-order valence-corrected chi connectivity index (χ2v) is 5.49. The highest BCUT2D eigenvalue weighted by atomic mass is 79.9. The van der Waals surface area contributed by atoms with E-state index in [1.807, 2.05) is 6.07 Å². The third-order valence-electron chi connectivity index (χ3n) is 3.57. The van der Waals surface area contributed by atoms with Crippen LogP contribution in [0.3, 0.4) is 0 Å². The fraction of sp³-hybridized carbons (Fsp3) is 0.571. The van der Waals surface area contributed by atoms with E-state index in [-0.39, 0.29) is 0 Å². The molecule has 1 aliphatic rings. The van der Waals surface area contributed by atoms with Gasteiger partial charge in [0, 0.05) is 16.1 Å². The van der Waals surface area contributed by atoms with Gasteiger partial charge in [-0.3, -0.25) is 0 Å². The molecule has 0 radical (unpaired) electrons. The molecule has 1 unspecified atom stereocenters. The van der Waals surface area contributed by atoms with Gasteiger partial charge in [-0.25, -0.2) is 0 Å². The maximum Gasteiger partial charge on any atom is 0.164 e. The van der Waals surface area contributed by atoms with E-state index >= 15 is 0 Å². The summed E-state index contributed by atoms with van der Waals surface area (Å²) in [7, 11) is 3.36. The Morgan fingerprint density at radius 2 is 2.06 bits per heavy atom. The zero-order chi connectivity index (χ0) is 13.1. The number of piperidine rings is 1. The van der Waals surface area contributed by atoms with Crippen molar-refractivity contribution in [2.75, 3.05) is 20.8 Å². The monoisotopic (exact) mass is 313 g/mol. The second-order valence-electron chi connectivity index (χ2n) is 4.64. The van der Waals surface area contributed by atoms with Crippen molar-refractivity contribution >= 4 is 15.9 Å². The zero-order valence-electron chi connectivity index (χ0n) is 11.2. The summed E-state index contributed by atoms with van der Waals surface area (Å²) in [5, 5.41) is 3.58. The summed E-state index contributed by atoms with van der Waals surface area (Å²) in [4.78, 5) is 0. The first-order valence-corrected chi connectivity index (χ1v) is 7.12. The summed E-state index contributed by atoms with van der Waals surface area (Å²) in [6.45, 7) is 3.18. The minimum atomic E-state index is 0.410. The van der Waals surface area contributed by atoms with Crippen molar-refractivity contribution < 1.29 is 9.47 Å². The van der Waals surface area contributed by atoms with E-state index in [1.54, 1.807) is 14.2 Å². The minimum Gasteiger partial charge on any atom is -0.493 e. The Hall–Kier alpha value is -0.740. The largest absolute Gasteiger partial charge is 0.493 e. The van der Waals surface area contributed by atoms with Crippen LogP contribution in [0.5, 0.6) is 11.5 Å². The van der Waals surface area contributed by atoms with Gasteiger partial charge in [-0.15, -0.1) is 0 Å². The van der Waals surface area contributed by atoms with E-state index in [1.165, 1.54) is 24.8 Å². The lowest BCUT2D eigenvalue weighted by Crippen LogP contribution is -2.27. The normalized spacial score (nSPS) is 19.7. The van der Waals surface area contributed by atoms with Gasteiger partial charge in [-0.1, -0.05) is 22.4 Å². The number of halogens is 1. The van der Waals surface area contributed by atoms with Crippen molar-refractivity contribution in [2.24, 2.45) is 0 Å². The Kier molecular flexibility index (Phi) is 4.51. The summed E-state index contributed by atoms with van der Waals surface area (Å²) in [6, 6.07) is 2.41. The molecule has 0 spiro atoms. The Balaban J connectivity index is 2.46. The number of hydrogen-bond donors (Lipinski definition) is 1. The molecule has 1 aromatic rings. The van der Waals surface area contributed by atoms with E-state index in [0.29, 0.717) is 6.04 Å². The minimum absolute atomic E-state index is 0.410. The quantitative estimate of drug-likeness (QED) is 0.925. The highest BCUT2D eigenvalue weighted by Gasteiger charge is 2.23. The summed E-state index contributed by atoms with van der Waals surface area (Å²) in [5.74, 6) is 1.62. The van der Waals surface area contributed by atoms with Crippen LogP contribution in [0, 0.1) is 6.92 Å². The molecule has 0 bridgehead atoms. The molecule has 1 aromatic carbocycles. The molecule has 1 aliphatic heterocycles. The van der Waals surface area contributed by atoms with Gasteiger partial charge in [-0.2, -0.15) is 0 Å². The van der Waals surface area contributed by atoms with Crippen LogP contribution < -0.4 is 14.8 Å². The number of benzene rings is 1. The van der Waals surface area contributed by atoms with Crippen LogP contribution >= 0.6 is 15.9 Å². The van der Waals surface area contributed by atoms with Crippen LogP contribution in [0.25, 0.3) is 0 Å². The molecule has 0 saturated carbocycles. The molecule has 4 heteroatoms. The Morgan fingerprint density at radius 1 is 1.28 bits per heavy atom. The average molecular weight is 314 g/mol. The van der Waals surface area contributed by atoms with E-state index in [0.717, 1.165) is 28.1 Å². The molecule has 1 heterocycles. The first-order chi connectivity index (χ1) is 8.69. The zero-order valence-corrected chi connectivity index (χ0v) is 12.8. The van der Waals surface area contributed by atoms with Crippen LogP contribution in [0.2, 0.25) is 0 Å². The van der Waals surface area contributed by atoms with Crippen molar-refractivity contribution in [1.29, 1.82) is 0 Å². The van der Waals surface area contributed by atoms with Gasteiger partial charge >= 0.3 is 0 Å². The predicted molar refractivity (Wildman–Crippen MR) is 76.6 cm³/mol. The molecular formula is C14H20BrNO2. The van der Waals surface area contributed by atoms with Crippen molar-refractivity contribution in [3.8, 4) is 11.5 Å². The highest BCUT2D eigenvalue weighted by molar-refractivity contribution is 9.10. The van der Waals surface area contributed by atoms with E-state index < -0.39 is 0 Å². The van der Waals surface area contributed by atoms with Crippen LogP contribution in [0.1, 0.15) is 36.4 Å². The van der Waals surface area contributed by atoms with E-state index in [4.69, 9.17) is 9.47 Å². The van der Waals surface area contributed by atoms with Crippen LogP contribution in [0.15, 0.2) is 10.5 Å². The van der Waals surface area contributed by atoms with Gasteiger partial charge in [0.05, 0.1) is 14.2 Å². The number of rotatable bonds is 3. The number of hydrogen-bond acceptors (Lipinski definition) is 3. The average Bonchev–Trinajstić information content (AvgIpc) is 2.39. The Morgan fingerprint density at radius 3 is 2.61 bits per heavy atom. The molecule has 0 amide bonds. The fourth-order valence-corrected chi connectivity index (χ4v) is 3.46. The predicted octanol–water partition coefficient (Wildman–Crippen LogP) is 3.59. The molecule has 1 N–H and O–H groups in total. The van der Waals surface area contributed by atoms with E-state index in [9.17, 15) is 0 Å². The first-order valence-electron chi connectivity index (χ1n) is 6.33. The van der Waals surface area contributed by atoms with Crippen molar-refractivity contribution in [3.63, 3.8) is 0 Å². The lowest BCUT2D eigenvalue weighted by Gasteiger charge is -2.27. The second kappa shape index (κ2) is 5.93. The molecule has 1 atom stereocenters. The summed E-state index contributed by atoms with van der Waals surface area (Å²) in [6.07, 6.45) is 3.72. The van der Waals surface area contributed by atoms with Crippen molar-refractivity contribution in [2.45, 2.75) is 32.2 Å². The molecule has 1 fully saturated rings. The molecule has 2 rings (SSSR count). The van der Waals surface area contributed by atoms with Crippen molar-refractivity contribution in [3.05, 3.63) is 21.7 Å². The molecule has 0 aliphatic carbocycles. The van der Waals surface area contributed by atoms with Gasteiger partial charge in [0.1, 0.15) is 0 Å². The third kappa shape index (κ3) is 2.50. The van der Waals surface area contributed by atoms with Gasteiger partial charge in [0.25, 0.3) is 0 Å². The number of nitrogens with one attached hydrogen (secondary N) is 1. The highest BCUT2D eigenvalue weighted by Crippen LogP contribution is 2.41. The summed E-state index contributed by atoms with van der Waals surface area (Å²) >= 11 is 3.66. The Bertz CT molecular complexity index is 428. The Labute approximate surface area is 117 Å². The molecule has 18 heavy (non-hydrogen) atoms. The molecule has 100 valence electrons. The first kappa shape index (κ1) is 13.7. The third-order valence-corrected chi connectivity index (χ3v) is 4.22. The summed E-state index contributed by atoms with van der Waals surface area (Å²) < 4.78 is 11.9. The maximum absolute atomic E-state index is 5.48. The topological polar surface area (TPSA) is 30.5 Å². The van der Waals surface area contributed by atoms with Crippen LogP contribution in [0.4, 0.5) is 0 Å². The van der Waals surface area contributed by atoms with E-state index in [2.05, 4.69) is 28.2 Å². The van der Waals surface area contributed by atoms with Crippen molar-refractivity contribution in [1.82, 2.24) is 5.32 Å².